The van der Waals surface area contributed by atoms with E-state index in [4.69, 9.17) is 14.2 Å². The highest BCUT2D eigenvalue weighted by atomic mass is 16.6. The minimum absolute atomic E-state index is 0.0622. The van der Waals surface area contributed by atoms with E-state index in [0.717, 1.165) is 57.8 Å². The lowest BCUT2D eigenvalue weighted by molar-refractivity contribution is -0.167. The van der Waals surface area contributed by atoms with Crippen molar-refractivity contribution in [2.45, 2.75) is 386 Å². The van der Waals surface area contributed by atoms with Crippen molar-refractivity contribution >= 4 is 17.9 Å². The van der Waals surface area contributed by atoms with Gasteiger partial charge in [-0.05, 0) is 19.3 Å². The summed E-state index contributed by atoms with van der Waals surface area (Å²) in [5.41, 5.74) is 0. The molecule has 0 radical (unpaired) electrons. The Morgan fingerprint density at radius 1 is 0.225 bits per heavy atom. The zero-order valence-corrected chi connectivity index (χ0v) is 48.5. The lowest BCUT2D eigenvalue weighted by atomic mass is 10.0. The van der Waals surface area contributed by atoms with Crippen LogP contribution >= 0.6 is 0 Å². The fraction of sp³-hybridized carbons (Fsp3) is 0.954. The zero-order valence-electron chi connectivity index (χ0n) is 48.5. The van der Waals surface area contributed by atoms with E-state index in [1.165, 1.54) is 283 Å². The van der Waals surface area contributed by atoms with Crippen LogP contribution in [0.2, 0.25) is 0 Å². The van der Waals surface area contributed by atoms with E-state index >= 15 is 0 Å². The molecule has 0 heterocycles. The van der Waals surface area contributed by atoms with Crippen LogP contribution in [0.4, 0.5) is 0 Å². The number of rotatable bonds is 61. The molecule has 0 aliphatic carbocycles. The molecule has 71 heavy (non-hydrogen) atoms. The summed E-state index contributed by atoms with van der Waals surface area (Å²) < 4.78 is 16.8. The van der Waals surface area contributed by atoms with Gasteiger partial charge in [0.25, 0.3) is 0 Å². The van der Waals surface area contributed by atoms with Crippen molar-refractivity contribution in [1.29, 1.82) is 0 Å². The molecule has 1 atom stereocenters. The molecule has 6 nitrogen and oxygen atoms in total. The Kier molecular flexibility index (Phi) is 59.6. The van der Waals surface area contributed by atoms with Crippen molar-refractivity contribution in [3.8, 4) is 0 Å². The number of carbonyl (C=O) groups excluding carboxylic acids is 3. The Labute approximate surface area is 444 Å². The quantitative estimate of drug-likeness (QED) is 0.0343. The summed E-state index contributed by atoms with van der Waals surface area (Å²) in [4.78, 5) is 37.9. The molecule has 0 saturated carbocycles. The maximum absolute atomic E-state index is 12.7. The fourth-order valence-corrected chi connectivity index (χ4v) is 10.2. The third kappa shape index (κ3) is 59.2. The number of hydrogen-bond acceptors (Lipinski definition) is 6. The third-order valence-corrected chi connectivity index (χ3v) is 15.1. The van der Waals surface area contributed by atoms with Crippen molar-refractivity contribution in [2.24, 2.45) is 0 Å². The largest absolute Gasteiger partial charge is 0.462 e. The monoisotopic (exact) mass is 1000 g/mol. The van der Waals surface area contributed by atoms with Crippen molar-refractivity contribution < 1.29 is 28.6 Å². The first kappa shape index (κ1) is 69.4. The Morgan fingerprint density at radius 2 is 0.380 bits per heavy atom. The van der Waals surface area contributed by atoms with E-state index in [1.807, 2.05) is 0 Å². The number of esters is 3. The van der Waals surface area contributed by atoms with Gasteiger partial charge in [-0.1, -0.05) is 342 Å². The van der Waals surface area contributed by atoms with Gasteiger partial charge in [-0.2, -0.15) is 0 Å². The molecule has 0 rings (SSSR count). The predicted octanol–water partition coefficient (Wildman–Crippen LogP) is 21.9. The first-order valence-electron chi connectivity index (χ1n) is 32.5. The third-order valence-electron chi connectivity index (χ3n) is 15.1. The maximum Gasteiger partial charge on any atom is 0.306 e. The van der Waals surface area contributed by atoms with E-state index in [9.17, 15) is 14.4 Å². The van der Waals surface area contributed by atoms with Crippen LogP contribution < -0.4 is 0 Å². The topological polar surface area (TPSA) is 78.9 Å². The van der Waals surface area contributed by atoms with Crippen molar-refractivity contribution in [1.82, 2.24) is 0 Å². The Balaban J connectivity index is 3.81. The molecular formula is C65H126O6. The Bertz CT molecular complexity index is 1060. The molecule has 0 fully saturated rings. The van der Waals surface area contributed by atoms with Gasteiger partial charge < -0.3 is 14.2 Å². The zero-order chi connectivity index (χ0) is 51.4. The fourth-order valence-electron chi connectivity index (χ4n) is 10.2. The highest BCUT2D eigenvalue weighted by molar-refractivity contribution is 5.71. The molecule has 0 aromatic heterocycles. The molecule has 0 bridgehead atoms. The number of hydrogen-bond donors (Lipinski definition) is 0. The Morgan fingerprint density at radius 3 is 0.563 bits per heavy atom. The SMILES string of the molecule is CCCCCCCCCCCCCCCCCCCCCCCCCCCCCCCCCCCCCC(=O)OCC(COC(=O)CCCCCCCCCCC)OC(=O)CCCCCCCCCCC. The summed E-state index contributed by atoms with van der Waals surface area (Å²) in [5.74, 6) is -0.844. The van der Waals surface area contributed by atoms with Gasteiger partial charge in [0.05, 0.1) is 0 Å². The molecule has 6 heteroatoms. The van der Waals surface area contributed by atoms with Crippen LogP contribution in [-0.4, -0.2) is 37.2 Å². The van der Waals surface area contributed by atoms with Crippen LogP contribution in [0, 0.1) is 0 Å². The summed E-state index contributed by atoms with van der Waals surface area (Å²) in [6.45, 7) is 6.66. The smallest absolute Gasteiger partial charge is 0.306 e. The summed E-state index contributed by atoms with van der Waals surface area (Å²) in [6, 6.07) is 0. The van der Waals surface area contributed by atoms with Gasteiger partial charge in [-0.15, -0.1) is 0 Å². The van der Waals surface area contributed by atoms with Gasteiger partial charge in [0, 0.05) is 19.3 Å². The molecule has 0 saturated heterocycles. The summed E-state index contributed by atoms with van der Waals surface area (Å²) in [5, 5.41) is 0. The lowest BCUT2D eigenvalue weighted by Crippen LogP contribution is -2.30. The molecule has 0 aliphatic rings. The molecule has 0 spiro atoms. The van der Waals surface area contributed by atoms with Gasteiger partial charge in [-0.3, -0.25) is 14.4 Å². The normalized spacial score (nSPS) is 11.9. The number of unbranched alkanes of at least 4 members (excludes halogenated alkanes) is 50. The van der Waals surface area contributed by atoms with Crippen molar-refractivity contribution in [3.63, 3.8) is 0 Å². The minimum atomic E-state index is -0.759. The van der Waals surface area contributed by atoms with Gasteiger partial charge in [0.1, 0.15) is 13.2 Å². The second-order valence-corrected chi connectivity index (χ2v) is 22.4. The maximum atomic E-state index is 12.7. The van der Waals surface area contributed by atoms with Crippen LogP contribution in [0.1, 0.15) is 380 Å². The highest BCUT2D eigenvalue weighted by Gasteiger charge is 2.19. The van der Waals surface area contributed by atoms with Crippen LogP contribution in [0.25, 0.3) is 0 Å². The molecular weight excluding hydrogens is 877 g/mol. The first-order chi connectivity index (χ1) is 35.0. The molecule has 0 N–H and O–H groups in total. The standard InChI is InChI=1S/C65H126O6/c1-4-7-10-13-16-19-20-21-22-23-24-25-26-27-28-29-30-31-32-33-34-35-36-37-38-39-40-41-42-43-44-47-49-52-55-58-64(67)70-61-62(71-65(68)59-56-53-50-46-18-15-12-9-6-3)60-69-63(66)57-54-51-48-45-17-14-11-8-5-2/h62H,4-61H2,1-3H3. The molecule has 0 aromatic rings. The van der Waals surface area contributed by atoms with Crippen LogP contribution in [-0.2, 0) is 28.6 Å². The van der Waals surface area contributed by atoms with Crippen molar-refractivity contribution in [2.75, 3.05) is 13.2 Å². The van der Waals surface area contributed by atoms with E-state index in [-0.39, 0.29) is 31.1 Å². The second-order valence-electron chi connectivity index (χ2n) is 22.4. The lowest BCUT2D eigenvalue weighted by Gasteiger charge is -2.18. The van der Waals surface area contributed by atoms with Crippen LogP contribution in [0.3, 0.4) is 0 Å². The second kappa shape index (κ2) is 61.0. The number of carbonyl (C=O) groups is 3. The molecule has 0 aromatic carbocycles. The van der Waals surface area contributed by atoms with E-state index in [1.54, 1.807) is 0 Å². The summed E-state index contributed by atoms with van der Waals surface area (Å²) >= 11 is 0. The average molecular weight is 1000 g/mol. The summed E-state index contributed by atoms with van der Waals surface area (Å²) in [6.07, 6.45) is 70.3. The van der Waals surface area contributed by atoms with E-state index in [2.05, 4.69) is 20.8 Å². The van der Waals surface area contributed by atoms with Crippen molar-refractivity contribution in [3.05, 3.63) is 0 Å². The molecule has 0 amide bonds. The number of ether oxygens (including phenoxy) is 3. The van der Waals surface area contributed by atoms with Gasteiger partial charge >= 0.3 is 17.9 Å². The average Bonchev–Trinajstić information content (AvgIpc) is 3.37. The van der Waals surface area contributed by atoms with Crippen LogP contribution in [0.5, 0.6) is 0 Å². The Hall–Kier alpha value is -1.59. The summed E-state index contributed by atoms with van der Waals surface area (Å²) in [7, 11) is 0. The van der Waals surface area contributed by atoms with Crippen LogP contribution in [0.15, 0.2) is 0 Å². The minimum Gasteiger partial charge on any atom is -0.462 e. The molecule has 0 aliphatic heterocycles. The van der Waals surface area contributed by atoms with Gasteiger partial charge in [0.2, 0.25) is 0 Å². The molecule has 422 valence electrons. The van der Waals surface area contributed by atoms with Gasteiger partial charge in [-0.25, -0.2) is 0 Å². The molecule has 1 unspecified atom stereocenters. The van der Waals surface area contributed by atoms with E-state index < -0.39 is 6.10 Å². The highest BCUT2D eigenvalue weighted by Crippen LogP contribution is 2.19. The van der Waals surface area contributed by atoms with E-state index in [0.29, 0.717) is 19.3 Å². The van der Waals surface area contributed by atoms with Gasteiger partial charge in [0.15, 0.2) is 6.10 Å². The first-order valence-corrected chi connectivity index (χ1v) is 32.5. The predicted molar refractivity (Wildman–Crippen MR) is 307 cm³/mol.